The Morgan fingerprint density at radius 1 is 0.893 bits per heavy atom. The lowest BCUT2D eigenvalue weighted by molar-refractivity contribution is 0.944. The summed E-state index contributed by atoms with van der Waals surface area (Å²) in [5, 5.41) is 2.03. The summed E-state index contributed by atoms with van der Waals surface area (Å²) in [5.41, 5.74) is 1.56. The Bertz CT molecular complexity index is 1210. The van der Waals surface area contributed by atoms with E-state index in [1.165, 1.54) is 0 Å². The molecule has 0 aliphatic rings. The number of hydrogen-bond donors (Lipinski definition) is 1. The van der Waals surface area contributed by atoms with Crippen molar-refractivity contribution in [3.05, 3.63) is 72.5 Å². The lowest BCUT2D eigenvalue weighted by Crippen LogP contribution is -2.11. The number of H-pyrrole nitrogens is 1. The normalized spacial score (nSPS) is 10.8. The molecule has 0 atom stereocenters. The number of nitrogens with zero attached hydrogens (tertiary/aromatic N) is 3. The summed E-state index contributed by atoms with van der Waals surface area (Å²) in [6.45, 7) is 3.97. The summed E-state index contributed by atoms with van der Waals surface area (Å²) in [6.07, 6.45) is 1.53. The average molecular weight is 525 g/mol. The van der Waals surface area contributed by atoms with Crippen LogP contribution >= 0.6 is 43.5 Å². The van der Waals surface area contributed by atoms with Crippen molar-refractivity contribution in [2.75, 3.05) is 0 Å². The second kappa shape index (κ2) is 9.11. The highest BCUT2D eigenvalue weighted by Crippen LogP contribution is 2.24. The standard InChI is InChI=1S/C10H8BrClN2.C10H9BrN2O/c1-2-9-13-8-4-3-6(11)5-7(8)10(12)14-9;1-2-9-12-8-4-3-6(11)5-7(8)10(14)13-9/h3-5H,2H2,1H3;3-5H,2H2,1H3,(H,12,13,14). The summed E-state index contributed by atoms with van der Waals surface area (Å²) >= 11 is 12.8. The van der Waals surface area contributed by atoms with Crippen molar-refractivity contribution in [3.63, 3.8) is 0 Å². The van der Waals surface area contributed by atoms with E-state index in [1.54, 1.807) is 6.07 Å². The molecule has 0 aliphatic heterocycles. The molecule has 2 aromatic heterocycles. The third-order valence-corrected chi connectivity index (χ3v) is 5.30. The SMILES string of the molecule is CCc1nc(Cl)c2cc(Br)ccc2n1.CCc1nc2ccc(Br)cc2c(=O)[nH]1. The quantitative estimate of drug-likeness (QED) is 0.334. The monoisotopic (exact) mass is 522 g/mol. The van der Waals surface area contributed by atoms with Gasteiger partial charge in [0.2, 0.25) is 0 Å². The molecule has 0 aliphatic carbocycles. The van der Waals surface area contributed by atoms with Gasteiger partial charge in [-0.2, -0.15) is 0 Å². The molecule has 5 nitrogen and oxygen atoms in total. The summed E-state index contributed by atoms with van der Waals surface area (Å²) in [7, 11) is 0. The van der Waals surface area contributed by atoms with Gasteiger partial charge in [-0.25, -0.2) is 15.0 Å². The topological polar surface area (TPSA) is 71.5 Å². The number of hydrogen-bond acceptors (Lipinski definition) is 4. The van der Waals surface area contributed by atoms with Gasteiger partial charge in [0.1, 0.15) is 16.8 Å². The predicted octanol–water partition coefficient (Wildman–Crippen LogP) is 5.86. The molecule has 0 fully saturated rings. The molecule has 0 bridgehead atoms. The highest BCUT2D eigenvalue weighted by atomic mass is 79.9. The molecular formula is C20H17Br2ClN4O. The Hall–Kier alpha value is -1.83. The maximum absolute atomic E-state index is 11.6. The number of aryl methyl sites for hydroxylation is 2. The lowest BCUT2D eigenvalue weighted by atomic mass is 10.2. The Morgan fingerprint density at radius 2 is 1.50 bits per heavy atom. The van der Waals surface area contributed by atoms with Crippen LogP contribution in [0.25, 0.3) is 21.8 Å². The zero-order valence-electron chi connectivity index (χ0n) is 15.3. The third kappa shape index (κ3) is 4.77. The van der Waals surface area contributed by atoms with E-state index < -0.39 is 0 Å². The highest BCUT2D eigenvalue weighted by molar-refractivity contribution is 9.10. The number of fused-ring (bicyclic) bond motifs is 2. The molecule has 0 saturated carbocycles. The molecule has 144 valence electrons. The zero-order chi connectivity index (χ0) is 20.3. The number of aromatic nitrogens is 4. The maximum Gasteiger partial charge on any atom is 0.258 e. The van der Waals surface area contributed by atoms with Gasteiger partial charge in [0.25, 0.3) is 5.56 Å². The number of benzene rings is 2. The van der Waals surface area contributed by atoms with Crippen LogP contribution in [0.1, 0.15) is 25.5 Å². The van der Waals surface area contributed by atoms with E-state index in [2.05, 4.69) is 51.8 Å². The summed E-state index contributed by atoms with van der Waals surface area (Å²) in [4.78, 5) is 27.2. The molecule has 0 radical (unpaired) electrons. The van der Waals surface area contributed by atoms with Crippen molar-refractivity contribution in [3.8, 4) is 0 Å². The van der Waals surface area contributed by atoms with E-state index in [1.807, 2.05) is 44.2 Å². The molecule has 0 saturated heterocycles. The Morgan fingerprint density at radius 3 is 2.11 bits per heavy atom. The first-order valence-corrected chi connectivity index (χ1v) is 10.7. The van der Waals surface area contributed by atoms with Crippen LogP contribution in [0.5, 0.6) is 0 Å². The summed E-state index contributed by atoms with van der Waals surface area (Å²) < 4.78 is 1.88. The van der Waals surface area contributed by atoms with Crippen LogP contribution in [0.3, 0.4) is 0 Å². The molecule has 0 amide bonds. The van der Waals surface area contributed by atoms with Gasteiger partial charge in [0, 0.05) is 27.2 Å². The number of rotatable bonds is 2. The smallest absolute Gasteiger partial charge is 0.258 e. The second-order valence-corrected chi connectivity index (χ2v) is 8.16. The molecule has 0 unspecified atom stereocenters. The molecule has 8 heteroatoms. The summed E-state index contributed by atoms with van der Waals surface area (Å²) in [6, 6.07) is 11.3. The maximum atomic E-state index is 11.6. The van der Waals surface area contributed by atoms with Crippen molar-refractivity contribution >= 4 is 65.3 Å². The molecule has 28 heavy (non-hydrogen) atoms. The summed E-state index contributed by atoms with van der Waals surface area (Å²) in [5.74, 6) is 1.51. The van der Waals surface area contributed by atoms with Gasteiger partial charge in [-0.05, 0) is 36.4 Å². The van der Waals surface area contributed by atoms with Crippen LogP contribution in [-0.4, -0.2) is 19.9 Å². The molecule has 4 aromatic rings. The highest BCUT2D eigenvalue weighted by Gasteiger charge is 2.05. The average Bonchev–Trinajstić information content (AvgIpc) is 2.69. The van der Waals surface area contributed by atoms with Crippen LogP contribution in [0.15, 0.2) is 50.1 Å². The van der Waals surface area contributed by atoms with Crippen LogP contribution in [0, 0.1) is 0 Å². The van der Waals surface area contributed by atoms with Gasteiger partial charge in [-0.1, -0.05) is 57.3 Å². The molecule has 2 aromatic carbocycles. The van der Waals surface area contributed by atoms with Gasteiger partial charge in [0.05, 0.1) is 16.4 Å². The fraction of sp³-hybridized carbons (Fsp3) is 0.200. The molecule has 4 rings (SSSR count). The molecule has 0 spiro atoms. The Labute approximate surface area is 183 Å². The van der Waals surface area contributed by atoms with Crippen molar-refractivity contribution in [1.82, 2.24) is 19.9 Å². The van der Waals surface area contributed by atoms with Gasteiger partial charge >= 0.3 is 0 Å². The molecular weight excluding hydrogens is 508 g/mol. The minimum atomic E-state index is -0.0758. The van der Waals surface area contributed by atoms with Gasteiger partial charge in [0.15, 0.2) is 0 Å². The second-order valence-electron chi connectivity index (χ2n) is 5.97. The van der Waals surface area contributed by atoms with Crippen LogP contribution in [0.4, 0.5) is 0 Å². The van der Waals surface area contributed by atoms with Crippen molar-refractivity contribution in [2.45, 2.75) is 26.7 Å². The predicted molar refractivity (Wildman–Crippen MR) is 121 cm³/mol. The van der Waals surface area contributed by atoms with Crippen LogP contribution in [-0.2, 0) is 12.8 Å². The minimum absolute atomic E-state index is 0.0758. The molecule has 2 heterocycles. The van der Waals surface area contributed by atoms with Gasteiger partial charge in [-0.3, -0.25) is 4.79 Å². The Kier molecular flexibility index (Phi) is 6.80. The van der Waals surface area contributed by atoms with Gasteiger partial charge < -0.3 is 4.98 Å². The third-order valence-electron chi connectivity index (χ3n) is 4.03. The van der Waals surface area contributed by atoms with E-state index in [9.17, 15) is 4.79 Å². The van der Waals surface area contributed by atoms with Gasteiger partial charge in [-0.15, -0.1) is 0 Å². The van der Waals surface area contributed by atoms with Crippen molar-refractivity contribution in [1.29, 1.82) is 0 Å². The van der Waals surface area contributed by atoms with E-state index >= 15 is 0 Å². The van der Waals surface area contributed by atoms with Crippen molar-refractivity contribution in [2.24, 2.45) is 0 Å². The van der Waals surface area contributed by atoms with Crippen molar-refractivity contribution < 1.29 is 0 Å². The number of halogens is 3. The van der Waals surface area contributed by atoms with Crippen LogP contribution in [0.2, 0.25) is 5.15 Å². The first kappa shape index (κ1) is 20.9. The number of nitrogens with one attached hydrogen (secondary N) is 1. The largest absolute Gasteiger partial charge is 0.310 e. The first-order valence-electron chi connectivity index (χ1n) is 8.71. The van der Waals surface area contributed by atoms with E-state index in [-0.39, 0.29) is 5.56 Å². The first-order chi connectivity index (χ1) is 13.4. The van der Waals surface area contributed by atoms with Crippen LogP contribution < -0.4 is 5.56 Å². The lowest BCUT2D eigenvalue weighted by Gasteiger charge is -2.02. The Balaban J connectivity index is 0.000000161. The van der Waals surface area contributed by atoms with E-state index in [0.717, 1.165) is 49.9 Å². The minimum Gasteiger partial charge on any atom is -0.310 e. The van der Waals surface area contributed by atoms with E-state index in [4.69, 9.17) is 11.6 Å². The van der Waals surface area contributed by atoms with E-state index in [0.29, 0.717) is 10.5 Å². The zero-order valence-corrected chi connectivity index (χ0v) is 19.2. The fourth-order valence-corrected chi connectivity index (χ4v) is 3.56. The fourth-order valence-electron chi connectivity index (χ4n) is 2.59. The molecule has 1 N–H and O–H groups in total. The number of aromatic amines is 1.